The lowest BCUT2D eigenvalue weighted by Gasteiger charge is -2.23. The van der Waals surface area contributed by atoms with Crippen molar-refractivity contribution in [2.24, 2.45) is 0 Å². The van der Waals surface area contributed by atoms with Crippen molar-refractivity contribution < 1.29 is 9.59 Å². The predicted octanol–water partition coefficient (Wildman–Crippen LogP) is 2.21. The molecule has 0 bridgehead atoms. The smallest absolute Gasteiger partial charge is 0.275 e. The molecule has 6 nitrogen and oxygen atoms in total. The second-order valence-corrected chi connectivity index (χ2v) is 6.63. The third-order valence-electron chi connectivity index (χ3n) is 4.85. The lowest BCUT2D eigenvalue weighted by atomic mass is 10.1. The van der Waals surface area contributed by atoms with E-state index in [4.69, 9.17) is 0 Å². The van der Waals surface area contributed by atoms with Crippen molar-refractivity contribution in [1.29, 1.82) is 0 Å². The number of hydrogen-bond donors (Lipinski definition) is 0. The second kappa shape index (κ2) is 7.20. The van der Waals surface area contributed by atoms with Crippen molar-refractivity contribution in [2.75, 3.05) is 13.1 Å². The van der Waals surface area contributed by atoms with E-state index >= 15 is 0 Å². The van der Waals surface area contributed by atoms with Gasteiger partial charge in [0.25, 0.3) is 5.91 Å². The lowest BCUT2D eigenvalue weighted by Crippen LogP contribution is -2.36. The Labute approximate surface area is 143 Å². The normalized spacial score (nSPS) is 20.2. The van der Waals surface area contributed by atoms with E-state index in [1.165, 1.54) is 0 Å². The summed E-state index contributed by atoms with van der Waals surface area (Å²) in [6.07, 6.45) is 8.32. The Hall–Kier alpha value is -2.11. The molecule has 0 radical (unpaired) electrons. The van der Waals surface area contributed by atoms with Gasteiger partial charge in [0.15, 0.2) is 5.69 Å². The van der Waals surface area contributed by atoms with Gasteiger partial charge >= 0.3 is 0 Å². The maximum atomic E-state index is 12.9. The quantitative estimate of drug-likeness (QED) is 0.795. The average Bonchev–Trinajstić information content (AvgIpc) is 3.14. The molecule has 0 N–H and O–H groups in total. The van der Waals surface area contributed by atoms with Crippen LogP contribution in [0.25, 0.3) is 0 Å². The third kappa shape index (κ3) is 3.37. The highest BCUT2D eigenvalue weighted by atomic mass is 16.2. The van der Waals surface area contributed by atoms with Crippen LogP contribution in [-0.4, -0.2) is 50.5 Å². The Balaban J connectivity index is 1.75. The molecule has 0 aromatic carbocycles. The fraction of sp³-hybridized carbons (Fsp3) is 0.611. The van der Waals surface area contributed by atoms with Gasteiger partial charge in [0.1, 0.15) is 0 Å². The molecule has 0 saturated carbocycles. The molecule has 2 amide bonds. The zero-order valence-corrected chi connectivity index (χ0v) is 14.6. The summed E-state index contributed by atoms with van der Waals surface area (Å²) in [5.41, 5.74) is 1.45. The number of rotatable bonds is 4. The monoisotopic (exact) mass is 330 g/mol. The van der Waals surface area contributed by atoms with E-state index in [1.54, 1.807) is 6.92 Å². The predicted molar refractivity (Wildman–Crippen MR) is 91.4 cm³/mol. The van der Waals surface area contributed by atoms with Gasteiger partial charge in [0, 0.05) is 26.6 Å². The summed E-state index contributed by atoms with van der Waals surface area (Å²) in [7, 11) is 0. The molecule has 130 valence electrons. The first kappa shape index (κ1) is 16.7. The number of aromatic nitrogens is 2. The molecule has 0 fully saturated rings. The van der Waals surface area contributed by atoms with Gasteiger partial charge in [-0.25, -0.2) is 0 Å². The van der Waals surface area contributed by atoms with Gasteiger partial charge in [-0.05, 0) is 18.9 Å². The zero-order valence-electron chi connectivity index (χ0n) is 14.6. The Morgan fingerprint density at radius 3 is 2.92 bits per heavy atom. The fourth-order valence-electron chi connectivity index (χ4n) is 3.45. The molecule has 0 aliphatic carbocycles. The molecule has 0 spiro atoms. The molecular weight excluding hydrogens is 304 g/mol. The van der Waals surface area contributed by atoms with E-state index in [-0.39, 0.29) is 17.9 Å². The number of unbranched alkanes of at least 4 members (excludes halogenated alkanes) is 1. The molecule has 2 aliphatic rings. The lowest BCUT2D eigenvalue weighted by molar-refractivity contribution is -0.129. The van der Waals surface area contributed by atoms with E-state index in [0.29, 0.717) is 18.8 Å². The Bertz CT molecular complexity index is 649. The Morgan fingerprint density at radius 2 is 2.17 bits per heavy atom. The van der Waals surface area contributed by atoms with Crippen LogP contribution in [0.5, 0.6) is 0 Å². The van der Waals surface area contributed by atoms with Crippen molar-refractivity contribution in [3.05, 3.63) is 29.6 Å². The molecule has 3 heterocycles. The average molecular weight is 330 g/mol. The SMILES string of the molecule is CCCCC1C=CCN1C(=O)c1cc2n(n1)CCCN(C(C)=O)C2. The Kier molecular flexibility index (Phi) is 5.02. The van der Waals surface area contributed by atoms with Crippen molar-refractivity contribution in [3.8, 4) is 0 Å². The summed E-state index contributed by atoms with van der Waals surface area (Å²) < 4.78 is 1.89. The van der Waals surface area contributed by atoms with E-state index < -0.39 is 0 Å². The van der Waals surface area contributed by atoms with Gasteiger partial charge in [-0.3, -0.25) is 14.3 Å². The first-order valence-electron chi connectivity index (χ1n) is 8.90. The fourth-order valence-corrected chi connectivity index (χ4v) is 3.45. The number of carbonyl (C=O) groups is 2. The zero-order chi connectivity index (χ0) is 17.1. The standard InChI is InChI=1S/C18H26N4O2/c1-3-4-7-15-8-5-10-21(15)18(24)17-12-16-13-20(14(2)23)9-6-11-22(16)19-17/h5,8,12,15H,3-4,6-7,9-11,13H2,1-2H3. The van der Waals surface area contributed by atoms with Crippen molar-refractivity contribution in [1.82, 2.24) is 19.6 Å². The van der Waals surface area contributed by atoms with Crippen LogP contribution in [0.4, 0.5) is 0 Å². The van der Waals surface area contributed by atoms with Crippen LogP contribution in [0.15, 0.2) is 18.2 Å². The van der Waals surface area contributed by atoms with Crippen LogP contribution >= 0.6 is 0 Å². The summed E-state index contributed by atoms with van der Waals surface area (Å²) in [5, 5.41) is 4.52. The molecule has 2 aliphatic heterocycles. The number of carbonyl (C=O) groups excluding carboxylic acids is 2. The van der Waals surface area contributed by atoms with Gasteiger partial charge in [-0.2, -0.15) is 5.10 Å². The van der Waals surface area contributed by atoms with Gasteiger partial charge in [0.2, 0.25) is 5.91 Å². The summed E-state index contributed by atoms with van der Waals surface area (Å²) in [6.45, 7) is 6.45. The topological polar surface area (TPSA) is 58.4 Å². The molecule has 0 saturated heterocycles. The van der Waals surface area contributed by atoms with E-state index in [9.17, 15) is 9.59 Å². The van der Waals surface area contributed by atoms with Gasteiger partial charge < -0.3 is 9.80 Å². The second-order valence-electron chi connectivity index (χ2n) is 6.63. The number of aryl methyl sites for hydroxylation is 1. The number of nitrogens with zero attached hydrogens (tertiary/aromatic N) is 4. The third-order valence-corrected chi connectivity index (χ3v) is 4.85. The maximum Gasteiger partial charge on any atom is 0.275 e. The molecule has 1 aromatic rings. The van der Waals surface area contributed by atoms with E-state index in [0.717, 1.165) is 44.5 Å². The van der Waals surface area contributed by atoms with Gasteiger partial charge in [0.05, 0.1) is 18.3 Å². The molecule has 1 aromatic heterocycles. The maximum absolute atomic E-state index is 12.9. The summed E-state index contributed by atoms with van der Waals surface area (Å²) >= 11 is 0. The highest BCUT2D eigenvalue weighted by Gasteiger charge is 2.28. The minimum atomic E-state index is -0.00366. The van der Waals surface area contributed by atoms with Crippen LogP contribution in [0.2, 0.25) is 0 Å². The highest BCUT2D eigenvalue weighted by Crippen LogP contribution is 2.20. The Morgan fingerprint density at radius 1 is 1.33 bits per heavy atom. The molecule has 24 heavy (non-hydrogen) atoms. The number of fused-ring (bicyclic) bond motifs is 1. The van der Waals surface area contributed by atoms with Gasteiger partial charge in [-0.15, -0.1) is 0 Å². The summed E-state index contributed by atoms with van der Waals surface area (Å²) in [4.78, 5) is 28.3. The first-order chi connectivity index (χ1) is 11.6. The molecule has 3 rings (SSSR count). The summed E-state index contributed by atoms with van der Waals surface area (Å²) in [5.74, 6) is 0.0666. The van der Waals surface area contributed by atoms with E-state index in [1.807, 2.05) is 20.5 Å². The van der Waals surface area contributed by atoms with Crippen LogP contribution in [0.1, 0.15) is 55.7 Å². The number of amides is 2. The molecular formula is C18H26N4O2. The highest BCUT2D eigenvalue weighted by molar-refractivity contribution is 5.93. The van der Waals surface area contributed by atoms with Crippen molar-refractivity contribution >= 4 is 11.8 Å². The minimum Gasteiger partial charge on any atom is -0.337 e. The van der Waals surface area contributed by atoms with Crippen LogP contribution < -0.4 is 0 Å². The number of hydrogen-bond acceptors (Lipinski definition) is 3. The first-order valence-corrected chi connectivity index (χ1v) is 8.90. The van der Waals surface area contributed by atoms with Crippen LogP contribution in [0.3, 0.4) is 0 Å². The van der Waals surface area contributed by atoms with Crippen molar-refractivity contribution in [2.45, 2.75) is 58.7 Å². The van der Waals surface area contributed by atoms with Crippen molar-refractivity contribution in [3.63, 3.8) is 0 Å². The molecule has 1 atom stereocenters. The van der Waals surface area contributed by atoms with E-state index in [2.05, 4.69) is 24.2 Å². The largest absolute Gasteiger partial charge is 0.337 e. The van der Waals surface area contributed by atoms with Gasteiger partial charge in [-0.1, -0.05) is 31.9 Å². The van der Waals surface area contributed by atoms with Crippen LogP contribution in [-0.2, 0) is 17.9 Å². The minimum absolute atomic E-state index is 0.00366. The molecule has 6 heteroatoms. The van der Waals surface area contributed by atoms with Crippen LogP contribution in [0, 0.1) is 0 Å². The summed E-state index contributed by atoms with van der Waals surface area (Å²) in [6, 6.07) is 2.05. The molecule has 1 unspecified atom stereocenters.